The van der Waals surface area contributed by atoms with Gasteiger partial charge in [0, 0.05) is 41.7 Å². The largest absolute Gasteiger partial charge is 0.496 e. The standard InChI is InChI=1S/C25H27NO3/c1-17-8-7-11-26(15-17)25(27)12-18(2)20-13-21-22(19-9-5-4-6-10-19)16-29-24(21)14-23(20)28-3/h4-6,9-10,12-14,16-17H,7-8,11,15H2,1-3H3/b18-12+. The molecule has 3 aromatic rings. The van der Waals surface area contributed by atoms with Crippen LogP contribution in [0.1, 0.15) is 32.3 Å². The monoisotopic (exact) mass is 389 g/mol. The fourth-order valence-corrected chi connectivity index (χ4v) is 4.12. The van der Waals surface area contributed by atoms with Gasteiger partial charge in [-0.25, -0.2) is 0 Å². The molecule has 0 saturated carbocycles. The summed E-state index contributed by atoms with van der Waals surface area (Å²) >= 11 is 0. The molecule has 1 amide bonds. The molecule has 1 aliphatic heterocycles. The van der Waals surface area contributed by atoms with Crippen molar-refractivity contribution in [3.8, 4) is 16.9 Å². The average Bonchev–Trinajstić information content (AvgIpc) is 3.16. The molecule has 1 saturated heterocycles. The van der Waals surface area contributed by atoms with Gasteiger partial charge in [0.25, 0.3) is 0 Å². The first-order valence-electron chi connectivity index (χ1n) is 10.2. The maximum Gasteiger partial charge on any atom is 0.246 e. The number of allylic oxidation sites excluding steroid dienone is 1. The van der Waals surface area contributed by atoms with E-state index in [1.54, 1.807) is 19.4 Å². The number of carbonyl (C=O) groups is 1. The molecule has 150 valence electrons. The summed E-state index contributed by atoms with van der Waals surface area (Å²) in [5.74, 6) is 1.35. The normalized spacial score (nSPS) is 17.6. The zero-order valence-electron chi connectivity index (χ0n) is 17.3. The summed E-state index contributed by atoms with van der Waals surface area (Å²) in [4.78, 5) is 14.8. The van der Waals surface area contributed by atoms with Crippen LogP contribution >= 0.6 is 0 Å². The lowest BCUT2D eigenvalue weighted by atomic mass is 9.98. The molecule has 4 nitrogen and oxygen atoms in total. The van der Waals surface area contributed by atoms with Gasteiger partial charge in [-0.1, -0.05) is 37.3 Å². The molecule has 4 rings (SSSR count). The summed E-state index contributed by atoms with van der Waals surface area (Å²) in [7, 11) is 1.65. The number of furan rings is 1. The highest BCUT2D eigenvalue weighted by molar-refractivity contribution is 6.00. The summed E-state index contributed by atoms with van der Waals surface area (Å²) in [5, 5.41) is 1.01. The van der Waals surface area contributed by atoms with Crippen LogP contribution < -0.4 is 4.74 Å². The Balaban J connectivity index is 1.72. The van der Waals surface area contributed by atoms with Crippen LogP contribution in [-0.2, 0) is 4.79 Å². The first kappa shape index (κ1) is 19.3. The van der Waals surface area contributed by atoms with E-state index >= 15 is 0 Å². The molecule has 2 heterocycles. The summed E-state index contributed by atoms with van der Waals surface area (Å²) < 4.78 is 11.4. The number of nitrogens with zero attached hydrogens (tertiary/aromatic N) is 1. The zero-order valence-corrected chi connectivity index (χ0v) is 17.3. The van der Waals surface area contributed by atoms with E-state index in [1.807, 2.05) is 36.1 Å². The van der Waals surface area contributed by atoms with E-state index < -0.39 is 0 Å². The van der Waals surface area contributed by atoms with Gasteiger partial charge in [0.1, 0.15) is 11.3 Å². The Morgan fingerprint density at radius 2 is 2.03 bits per heavy atom. The molecule has 0 aliphatic carbocycles. The van der Waals surface area contributed by atoms with Crippen molar-refractivity contribution in [3.63, 3.8) is 0 Å². The lowest BCUT2D eigenvalue weighted by Crippen LogP contribution is -2.38. The lowest BCUT2D eigenvalue weighted by molar-refractivity contribution is -0.127. The van der Waals surface area contributed by atoms with E-state index in [4.69, 9.17) is 9.15 Å². The number of hydrogen-bond donors (Lipinski definition) is 0. The number of piperidine rings is 1. The maximum atomic E-state index is 12.8. The Kier molecular flexibility index (Phi) is 5.43. The Hall–Kier alpha value is -3.01. The molecule has 0 N–H and O–H groups in total. The number of fused-ring (bicyclic) bond motifs is 1. The second-order valence-corrected chi connectivity index (χ2v) is 7.92. The van der Waals surface area contributed by atoms with E-state index in [1.165, 1.54) is 6.42 Å². The molecular weight excluding hydrogens is 362 g/mol. The minimum atomic E-state index is 0.0756. The topological polar surface area (TPSA) is 42.7 Å². The van der Waals surface area contributed by atoms with Crippen molar-refractivity contribution < 1.29 is 13.9 Å². The minimum absolute atomic E-state index is 0.0756. The molecule has 0 bridgehead atoms. The Morgan fingerprint density at radius 3 is 2.76 bits per heavy atom. The number of amides is 1. The molecule has 29 heavy (non-hydrogen) atoms. The molecule has 0 spiro atoms. The quantitative estimate of drug-likeness (QED) is 0.532. The maximum absolute atomic E-state index is 12.8. The van der Waals surface area contributed by atoms with Crippen LogP contribution in [0.2, 0.25) is 0 Å². The fraction of sp³-hybridized carbons (Fsp3) is 0.320. The van der Waals surface area contributed by atoms with Crippen LogP contribution in [0.5, 0.6) is 5.75 Å². The van der Waals surface area contributed by atoms with Crippen LogP contribution in [0.3, 0.4) is 0 Å². The second kappa shape index (κ2) is 8.16. The number of benzene rings is 2. The van der Waals surface area contributed by atoms with E-state index in [0.29, 0.717) is 11.7 Å². The lowest BCUT2D eigenvalue weighted by Gasteiger charge is -2.30. The number of ether oxygens (including phenoxy) is 1. The Bertz CT molecular complexity index is 1050. The van der Waals surface area contributed by atoms with Gasteiger partial charge in [0.2, 0.25) is 5.91 Å². The number of hydrogen-bond acceptors (Lipinski definition) is 3. The number of methoxy groups -OCH3 is 1. The molecule has 4 heteroatoms. The van der Waals surface area contributed by atoms with Crippen molar-refractivity contribution in [1.82, 2.24) is 4.90 Å². The molecule has 1 atom stereocenters. The van der Waals surface area contributed by atoms with Crippen molar-refractivity contribution >= 4 is 22.4 Å². The Morgan fingerprint density at radius 1 is 1.24 bits per heavy atom. The van der Waals surface area contributed by atoms with Crippen LogP contribution in [0, 0.1) is 5.92 Å². The minimum Gasteiger partial charge on any atom is -0.496 e. The zero-order chi connectivity index (χ0) is 20.4. The number of rotatable bonds is 4. The summed E-state index contributed by atoms with van der Waals surface area (Å²) in [5.41, 5.74) is 4.72. The van der Waals surface area contributed by atoms with Gasteiger partial charge in [-0.2, -0.15) is 0 Å². The molecule has 0 radical (unpaired) electrons. The van der Waals surface area contributed by atoms with E-state index in [0.717, 1.165) is 52.7 Å². The van der Waals surface area contributed by atoms with Crippen LogP contribution in [0.4, 0.5) is 0 Å². The summed E-state index contributed by atoms with van der Waals surface area (Å²) in [6.07, 6.45) is 5.79. The van der Waals surface area contributed by atoms with Gasteiger partial charge in [-0.15, -0.1) is 0 Å². The van der Waals surface area contributed by atoms with Gasteiger partial charge < -0.3 is 14.1 Å². The third-order valence-corrected chi connectivity index (χ3v) is 5.71. The molecule has 1 unspecified atom stereocenters. The van der Waals surface area contributed by atoms with E-state index in [2.05, 4.69) is 25.1 Å². The van der Waals surface area contributed by atoms with Gasteiger partial charge in [0.15, 0.2) is 0 Å². The molecule has 1 aliphatic rings. The smallest absolute Gasteiger partial charge is 0.246 e. The fourth-order valence-electron chi connectivity index (χ4n) is 4.12. The Labute approximate surface area is 171 Å². The molecule has 1 fully saturated rings. The highest BCUT2D eigenvalue weighted by atomic mass is 16.5. The first-order chi connectivity index (χ1) is 14.1. The van der Waals surface area contributed by atoms with Crippen molar-refractivity contribution in [2.75, 3.05) is 20.2 Å². The average molecular weight is 389 g/mol. The summed E-state index contributed by atoms with van der Waals surface area (Å²) in [6.45, 7) is 5.84. The van der Waals surface area contributed by atoms with Gasteiger partial charge in [-0.05, 0) is 42.9 Å². The molecule has 1 aromatic heterocycles. The van der Waals surface area contributed by atoms with Crippen LogP contribution in [0.15, 0.2) is 59.2 Å². The highest BCUT2D eigenvalue weighted by Gasteiger charge is 2.20. The van der Waals surface area contributed by atoms with Gasteiger partial charge in [0.05, 0.1) is 13.4 Å². The molecule has 2 aromatic carbocycles. The predicted octanol–water partition coefficient (Wildman–Crippen LogP) is 5.77. The third kappa shape index (κ3) is 3.93. The van der Waals surface area contributed by atoms with Crippen molar-refractivity contribution in [2.24, 2.45) is 5.92 Å². The molecular formula is C25H27NO3. The van der Waals surface area contributed by atoms with E-state index in [-0.39, 0.29) is 5.91 Å². The first-order valence-corrected chi connectivity index (χ1v) is 10.2. The third-order valence-electron chi connectivity index (χ3n) is 5.71. The number of likely N-dealkylation sites (tertiary alicyclic amines) is 1. The predicted molar refractivity (Wildman–Crippen MR) is 117 cm³/mol. The highest BCUT2D eigenvalue weighted by Crippen LogP contribution is 2.37. The van der Waals surface area contributed by atoms with Gasteiger partial charge >= 0.3 is 0 Å². The summed E-state index contributed by atoms with van der Waals surface area (Å²) in [6, 6.07) is 14.1. The van der Waals surface area contributed by atoms with Crippen LogP contribution in [0.25, 0.3) is 27.7 Å². The van der Waals surface area contributed by atoms with Crippen molar-refractivity contribution in [2.45, 2.75) is 26.7 Å². The van der Waals surface area contributed by atoms with Crippen molar-refractivity contribution in [1.29, 1.82) is 0 Å². The number of carbonyl (C=O) groups excluding carboxylic acids is 1. The van der Waals surface area contributed by atoms with Crippen LogP contribution in [-0.4, -0.2) is 31.0 Å². The van der Waals surface area contributed by atoms with Crippen molar-refractivity contribution in [3.05, 3.63) is 60.4 Å². The second-order valence-electron chi connectivity index (χ2n) is 7.92. The van der Waals surface area contributed by atoms with E-state index in [9.17, 15) is 4.79 Å². The SMILES string of the molecule is COc1cc2occ(-c3ccccc3)c2cc1/C(C)=C/C(=O)N1CCCC(C)C1. The van der Waals surface area contributed by atoms with Gasteiger partial charge in [-0.3, -0.25) is 4.79 Å².